The molecule has 1 fully saturated rings. The number of aromatic nitrogens is 4. The molecule has 0 unspecified atom stereocenters. The molecule has 0 spiro atoms. The average molecular weight is 343 g/mol. The Labute approximate surface area is 146 Å². The lowest BCUT2D eigenvalue weighted by molar-refractivity contribution is -0.151. The molecule has 0 atom stereocenters. The summed E-state index contributed by atoms with van der Waals surface area (Å²) >= 11 is 0. The summed E-state index contributed by atoms with van der Waals surface area (Å²) in [5.41, 5.74) is 1.61. The van der Waals surface area contributed by atoms with Gasteiger partial charge in [0.05, 0.1) is 7.11 Å². The number of rotatable bonds is 6. The van der Waals surface area contributed by atoms with E-state index in [4.69, 9.17) is 9.47 Å². The largest absolute Gasteiger partial charge is 0.481 e. The molecule has 0 bridgehead atoms. The number of pyridine rings is 1. The predicted molar refractivity (Wildman–Crippen MR) is 91.9 cm³/mol. The van der Waals surface area contributed by atoms with Crippen LogP contribution < -0.4 is 4.74 Å². The lowest BCUT2D eigenvalue weighted by atomic mass is 10.2. The van der Waals surface area contributed by atoms with Gasteiger partial charge in [-0.1, -0.05) is 6.92 Å². The number of esters is 1. The van der Waals surface area contributed by atoms with E-state index in [9.17, 15) is 4.79 Å². The Morgan fingerprint density at radius 2 is 2.20 bits per heavy atom. The molecular weight excluding hydrogens is 322 g/mol. The molecular formula is C17H21N5O3. The summed E-state index contributed by atoms with van der Waals surface area (Å²) in [6, 6.07) is 3.64. The van der Waals surface area contributed by atoms with Gasteiger partial charge in [-0.05, 0) is 19.5 Å². The summed E-state index contributed by atoms with van der Waals surface area (Å²) in [7, 11) is 1.56. The highest BCUT2D eigenvalue weighted by Crippen LogP contribution is 2.20. The highest BCUT2D eigenvalue weighted by atomic mass is 16.5. The van der Waals surface area contributed by atoms with Crippen LogP contribution in [0.4, 0.5) is 0 Å². The Morgan fingerprint density at radius 1 is 1.40 bits per heavy atom. The maximum atomic E-state index is 11.8. The highest BCUT2D eigenvalue weighted by molar-refractivity contribution is 5.85. The van der Waals surface area contributed by atoms with Crippen LogP contribution in [-0.4, -0.2) is 63.5 Å². The van der Waals surface area contributed by atoms with Crippen LogP contribution in [0.3, 0.4) is 0 Å². The number of carbonyl (C=O) groups excluding carboxylic acids is 1. The van der Waals surface area contributed by atoms with E-state index in [0.29, 0.717) is 11.7 Å². The van der Waals surface area contributed by atoms with Crippen LogP contribution in [0.2, 0.25) is 0 Å². The average Bonchev–Trinajstić information content (AvgIpc) is 3.04. The molecule has 132 valence electrons. The minimum Gasteiger partial charge on any atom is -0.481 e. The summed E-state index contributed by atoms with van der Waals surface area (Å²) in [6.07, 6.45) is 4.39. The number of likely N-dealkylation sites (tertiary alicyclic amines) is 1. The zero-order chi connectivity index (χ0) is 17.8. The molecule has 25 heavy (non-hydrogen) atoms. The van der Waals surface area contributed by atoms with Crippen molar-refractivity contribution < 1.29 is 14.3 Å². The van der Waals surface area contributed by atoms with Crippen molar-refractivity contribution >= 4 is 12.2 Å². The third-order valence-corrected chi connectivity index (χ3v) is 3.92. The smallest absolute Gasteiger partial charge is 0.332 e. The van der Waals surface area contributed by atoms with Crippen LogP contribution in [0.15, 0.2) is 24.5 Å². The molecule has 1 aliphatic heterocycles. The van der Waals surface area contributed by atoms with Gasteiger partial charge in [0.25, 0.3) is 0 Å². The topological polar surface area (TPSA) is 82.4 Å². The Kier molecular flexibility index (Phi) is 5.08. The van der Waals surface area contributed by atoms with Crippen LogP contribution in [0.1, 0.15) is 12.6 Å². The van der Waals surface area contributed by atoms with Gasteiger partial charge in [-0.25, -0.2) is 19.4 Å². The first-order chi connectivity index (χ1) is 12.1. The van der Waals surface area contributed by atoms with Crippen molar-refractivity contribution in [3.63, 3.8) is 0 Å². The second-order valence-corrected chi connectivity index (χ2v) is 5.81. The van der Waals surface area contributed by atoms with Gasteiger partial charge in [-0.15, -0.1) is 5.10 Å². The lowest BCUT2D eigenvalue weighted by Gasteiger charge is -2.37. The molecule has 3 heterocycles. The molecule has 2 aromatic rings. The quantitative estimate of drug-likeness (QED) is 0.579. The maximum absolute atomic E-state index is 11.8. The number of aryl methyl sites for hydroxylation is 1. The van der Waals surface area contributed by atoms with Crippen molar-refractivity contribution in [1.82, 2.24) is 24.6 Å². The molecule has 0 aliphatic carbocycles. The van der Waals surface area contributed by atoms with E-state index >= 15 is 0 Å². The van der Waals surface area contributed by atoms with E-state index in [-0.39, 0.29) is 12.1 Å². The molecule has 2 aromatic heterocycles. The van der Waals surface area contributed by atoms with E-state index < -0.39 is 0 Å². The molecule has 0 radical (unpaired) electrons. The monoisotopic (exact) mass is 343 g/mol. The molecule has 8 heteroatoms. The van der Waals surface area contributed by atoms with Crippen molar-refractivity contribution in [1.29, 1.82) is 0 Å². The fourth-order valence-corrected chi connectivity index (χ4v) is 2.55. The van der Waals surface area contributed by atoms with Crippen molar-refractivity contribution in [2.24, 2.45) is 0 Å². The number of carbonyl (C=O) groups is 1. The summed E-state index contributed by atoms with van der Waals surface area (Å²) in [6.45, 7) is 6.53. The standard InChI is InChI=1S/C17H21N5O3/c1-4-21-9-14(10-21)25-16(23)5-6-22-11-18-17(20-22)13-7-12(2)19-15(8-13)24-3/h5-8,11,14H,4,9-10H2,1-3H3/b6-5-. The third kappa shape index (κ3) is 4.21. The minimum atomic E-state index is -0.376. The van der Waals surface area contributed by atoms with Crippen LogP contribution >= 0.6 is 0 Å². The second-order valence-electron chi connectivity index (χ2n) is 5.81. The summed E-state index contributed by atoms with van der Waals surface area (Å²) in [5, 5.41) is 4.33. The van der Waals surface area contributed by atoms with Crippen LogP contribution in [-0.2, 0) is 9.53 Å². The number of hydrogen-bond donors (Lipinski definition) is 0. The zero-order valence-corrected chi connectivity index (χ0v) is 14.5. The summed E-state index contributed by atoms with van der Waals surface area (Å²) in [5.74, 6) is 0.658. The van der Waals surface area contributed by atoms with E-state index in [2.05, 4.69) is 26.9 Å². The third-order valence-electron chi connectivity index (χ3n) is 3.92. The Bertz CT molecular complexity index is 780. The normalized spacial score (nSPS) is 15.3. The Hall–Kier alpha value is -2.74. The first-order valence-electron chi connectivity index (χ1n) is 8.12. The Morgan fingerprint density at radius 3 is 2.92 bits per heavy atom. The highest BCUT2D eigenvalue weighted by Gasteiger charge is 2.27. The predicted octanol–water partition coefficient (Wildman–Crippen LogP) is 1.38. The van der Waals surface area contributed by atoms with Gasteiger partial charge >= 0.3 is 5.97 Å². The first kappa shape index (κ1) is 17.1. The summed E-state index contributed by atoms with van der Waals surface area (Å²) in [4.78, 5) is 22.5. The van der Waals surface area contributed by atoms with E-state index in [1.165, 1.54) is 23.3 Å². The SMILES string of the molecule is CCN1CC(OC(=O)/C=C\n2cnc(-c3cc(C)nc(OC)c3)n2)C1. The molecule has 3 rings (SSSR count). The minimum absolute atomic E-state index is 0.0179. The van der Waals surface area contributed by atoms with Gasteiger partial charge in [0.1, 0.15) is 12.4 Å². The van der Waals surface area contributed by atoms with Gasteiger partial charge < -0.3 is 9.47 Å². The number of hydrogen-bond acceptors (Lipinski definition) is 7. The van der Waals surface area contributed by atoms with Gasteiger partial charge in [-0.2, -0.15) is 0 Å². The molecule has 0 amide bonds. The molecule has 0 N–H and O–H groups in total. The van der Waals surface area contributed by atoms with Crippen LogP contribution in [0.5, 0.6) is 5.88 Å². The molecule has 0 aromatic carbocycles. The first-order valence-corrected chi connectivity index (χ1v) is 8.12. The van der Waals surface area contributed by atoms with E-state index in [1.807, 2.05) is 13.0 Å². The number of likely N-dealkylation sites (N-methyl/N-ethyl adjacent to an activating group) is 1. The van der Waals surface area contributed by atoms with Gasteiger partial charge in [0.2, 0.25) is 5.88 Å². The number of ether oxygens (including phenoxy) is 2. The molecule has 1 saturated heterocycles. The van der Waals surface area contributed by atoms with Gasteiger partial charge in [0.15, 0.2) is 5.82 Å². The lowest BCUT2D eigenvalue weighted by Crippen LogP contribution is -2.52. The van der Waals surface area contributed by atoms with Crippen molar-refractivity contribution in [2.75, 3.05) is 26.7 Å². The van der Waals surface area contributed by atoms with Crippen molar-refractivity contribution in [3.8, 4) is 17.3 Å². The maximum Gasteiger partial charge on any atom is 0.332 e. The van der Waals surface area contributed by atoms with Gasteiger partial charge in [0, 0.05) is 42.7 Å². The fraction of sp³-hybridized carbons (Fsp3) is 0.412. The van der Waals surface area contributed by atoms with E-state index in [1.54, 1.807) is 13.2 Å². The molecule has 8 nitrogen and oxygen atoms in total. The van der Waals surface area contributed by atoms with Crippen molar-refractivity contribution in [2.45, 2.75) is 20.0 Å². The van der Waals surface area contributed by atoms with E-state index in [0.717, 1.165) is 30.9 Å². The zero-order valence-electron chi connectivity index (χ0n) is 14.5. The van der Waals surface area contributed by atoms with Crippen LogP contribution in [0.25, 0.3) is 17.6 Å². The second kappa shape index (κ2) is 7.43. The van der Waals surface area contributed by atoms with Gasteiger partial charge in [-0.3, -0.25) is 4.90 Å². The molecule has 0 saturated carbocycles. The summed E-state index contributed by atoms with van der Waals surface area (Å²) < 4.78 is 12.0. The van der Waals surface area contributed by atoms with Crippen molar-refractivity contribution in [3.05, 3.63) is 30.2 Å². The Balaban J connectivity index is 1.61. The number of methoxy groups -OCH3 is 1. The molecule has 1 aliphatic rings. The fourth-order valence-electron chi connectivity index (χ4n) is 2.55. The van der Waals surface area contributed by atoms with Crippen LogP contribution in [0, 0.1) is 6.92 Å². The number of nitrogens with zero attached hydrogens (tertiary/aromatic N) is 5.